The summed E-state index contributed by atoms with van der Waals surface area (Å²) in [6, 6.07) is 0. The molecule has 0 heterocycles. The highest BCUT2D eigenvalue weighted by atomic mass is 16.5. The molecule has 0 aromatic heterocycles. The van der Waals surface area contributed by atoms with Gasteiger partial charge in [-0.2, -0.15) is 0 Å². The lowest BCUT2D eigenvalue weighted by Crippen LogP contribution is -2.60. The Morgan fingerprint density at radius 2 is 1.12 bits per heavy atom. The smallest absolute Gasteiger partial charge is 0.333 e. The zero-order valence-electron chi connectivity index (χ0n) is 20.7. The molecule has 6 aliphatic carbocycles. The quantitative estimate of drug-likeness (QED) is 0.354. The van der Waals surface area contributed by atoms with Crippen molar-refractivity contribution in [1.29, 1.82) is 0 Å². The van der Waals surface area contributed by atoms with E-state index in [2.05, 4.69) is 19.1 Å². The molecule has 0 aromatic rings. The predicted octanol–water partition coefficient (Wildman–Crippen LogP) is 5.51. The van der Waals surface area contributed by atoms with Gasteiger partial charge in [-0.25, -0.2) is 9.59 Å². The Balaban J connectivity index is 0.000000181. The van der Waals surface area contributed by atoms with Gasteiger partial charge < -0.3 is 14.6 Å². The number of carbonyl (C=O) groups excluding carboxylic acids is 2. The third-order valence-corrected chi connectivity index (χ3v) is 8.03. The van der Waals surface area contributed by atoms with E-state index >= 15 is 0 Å². The van der Waals surface area contributed by atoms with Crippen molar-refractivity contribution >= 4 is 11.9 Å². The molecule has 5 nitrogen and oxygen atoms in total. The number of carbonyl (C=O) groups is 2. The second kappa shape index (κ2) is 9.32. The first-order valence-electron chi connectivity index (χ1n) is 12.4. The summed E-state index contributed by atoms with van der Waals surface area (Å²) in [6.07, 6.45) is 15.1. The summed E-state index contributed by atoms with van der Waals surface area (Å²) < 4.78 is 9.96. The highest BCUT2D eigenvalue weighted by Crippen LogP contribution is 2.76. The standard InChI is InChI=1S/C14H22O2.C13H20O3/c1-4-6-13-8-14(9-13,10-13)7-11(3)12(15)16-5-2;1-3-16-11(15)10(2)6-13-7-12(8-13,9-13)4-5-14/h7H,4-6,8-10H2,1-3H3;6,14H,3-5,7-9H2,1-2H3/b11-7+;10-6+. The van der Waals surface area contributed by atoms with Gasteiger partial charge in [0.2, 0.25) is 0 Å². The molecular formula is C27H42O5. The van der Waals surface area contributed by atoms with Gasteiger partial charge in [-0.3, -0.25) is 0 Å². The number of allylic oxidation sites excluding steroid dienone is 2. The van der Waals surface area contributed by atoms with E-state index in [0.29, 0.717) is 29.5 Å². The van der Waals surface area contributed by atoms with Crippen molar-refractivity contribution in [2.75, 3.05) is 19.8 Å². The van der Waals surface area contributed by atoms with Crippen LogP contribution in [0.1, 0.15) is 92.4 Å². The van der Waals surface area contributed by atoms with Gasteiger partial charge in [-0.1, -0.05) is 25.5 Å². The van der Waals surface area contributed by atoms with Gasteiger partial charge in [0.15, 0.2) is 0 Å². The van der Waals surface area contributed by atoms with Crippen molar-refractivity contribution < 1.29 is 24.2 Å². The van der Waals surface area contributed by atoms with Crippen LogP contribution < -0.4 is 0 Å². The van der Waals surface area contributed by atoms with E-state index in [4.69, 9.17) is 14.6 Å². The molecule has 0 unspecified atom stereocenters. The van der Waals surface area contributed by atoms with Crippen molar-refractivity contribution in [2.24, 2.45) is 21.7 Å². The normalized spacial score (nSPS) is 36.3. The van der Waals surface area contributed by atoms with E-state index in [-0.39, 0.29) is 24.0 Å². The van der Waals surface area contributed by atoms with Gasteiger partial charge in [-0.15, -0.1) is 0 Å². The molecule has 6 fully saturated rings. The molecule has 4 bridgehead atoms. The van der Waals surface area contributed by atoms with Crippen LogP contribution in [0.25, 0.3) is 0 Å². The summed E-state index contributed by atoms with van der Waals surface area (Å²) in [4.78, 5) is 22.9. The number of ether oxygens (including phenoxy) is 2. The maximum Gasteiger partial charge on any atom is 0.333 e. The van der Waals surface area contributed by atoms with Gasteiger partial charge in [0.05, 0.1) is 13.2 Å². The maximum absolute atomic E-state index is 11.5. The summed E-state index contributed by atoms with van der Waals surface area (Å²) in [5.41, 5.74) is 3.21. The van der Waals surface area contributed by atoms with Crippen LogP contribution in [0.4, 0.5) is 0 Å². The fourth-order valence-electron chi connectivity index (χ4n) is 7.30. The summed E-state index contributed by atoms with van der Waals surface area (Å²) in [7, 11) is 0. The SMILES string of the molecule is CCCC12CC(/C=C(\C)C(=O)OCC)(C1)C2.CCOC(=O)/C(C)=C/C12CC(CCO)(C1)C2. The van der Waals surface area contributed by atoms with Crippen LogP contribution in [0.5, 0.6) is 0 Å². The monoisotopic (exact) mass is 446 g/mol. The molecule has 6 rings (SSSR count). The van der Waals surface area contributed by atoms with Crippen LogP contribution in [0.2, 0.25) is 0 Å². The van der Waals surface area contributed by atoms with Crippen molar-refractivity contribution in [3.8, 4) is 0 Å². The largest absolute Gasteiger partial charge is 0.463 e. The number of rotatable bonds is 10. The molecule has 0 amide bonds. The summed E-state index contributed by atoms with van der Waals surface area (Å²) >= 11 is 0. The summed E-state index contributed by atoms with van der Waals surface area (Å²) in [6.45, 7) is 10.8. The van der Waals surface area contributed by atoms with Gasteiger partial charge >= 0.3 is 11.9 Å². The van der Waals surface area contributed by atoms with E-state index in [1.165, 1.54) is 32.1 Å². The van der Waals surface area contributed by atoms with Crippen molar-refractivity contribution in [3.05, 3.63) is 23.3 Å². The zero-order chi connectivity index (χ0) is 23.6. The van der Waals surface area contributed by atoms with Gasteiger partial charge in [0.1, 0.15) is 0 Å². The Labute approximate surface area is 193 Å². The minimum atomic E-state index is -0.191. The number of hydrogen-bond donors (Lipinski definition) is 1. The van der Waals surface area contributed by atoms with E-state index < -0.39 is 0 Å². The molecule has 0 radical (unpaired) electrons. The average molecular weight is 447 g/mol. The van der Waals surface area contributed by atoms with E-state index in [0.717, 1.165) is 36.8 Å². The molecule has 0 aliphatic heterocycles. The lowest BCUT2D eigenvalue weighted by atomic mass is 9.34. The van der Waals surface area contributed by atoms with Gasteiger partial charge in [0, 0.05) is 17.8 Å². The average Bonchev–Trinajstić information content (AvgIpc) is 2.63. The molecule has 5 heteroatoms. The van der Waals surface area contributed by atoms with Crippen LogP contribution in [0, 0.1) is 21.7 Å². The first-order valence-corrected chi connectivity index (χ1v) is 12.4. The summed E-state index contributed by atoms with van der Waals surface area (Å²) in [5.74, 6) is -0.333. The number of aliphatic hydroxyl groups excluding tert-OH is 1. The Kier molecular flexibility index (Phi) is 7.29. The van der Waals surface area contributed by atoms with Crippen LogP contribution in [0.3, 0.4) is 0 Å². The first kappa shape index (κ1) is 25.0. The number of aliphatic hydroxyl groups is 1. The fraction of sp³-hybridized carbons (Fsp3) is 0.778. The minimum Gasteiger partial charge on any atom is -0.463 e. The third kappa shape index (κ3) is 4.83. The van der Waals surface area contributed by atoms with Gasteiger partial charge in [-0.05, 0) is 101 Å². The lowest BCUT2D eigenvalue weighted by molar-refractivity contribution is -0.179. The Morgan fingerprint density at radius 1 is 0.750 bits per heavy atom. The van der Waals surface area contributed by atoms with E-state index in [1.54, 1.807) is 0 Å². The highest BCUT2D eigenvalue weighted by Gasteiger charge is 2.66. The topological polar surface area (TPSA) is 72.8 Å². The number of esters is 2. The predicted molar refractivity (Wildman–Crippen MR) is 125 cm³/mol. The lowest BCUT2D eigenvalue weighted by Gasteiger charge is -2.70. The van der Waals surface area contributed by atoms with Crippen molar-refractivity contribution in [2.45, 2.75) is 92.4 Å². The minimum absolute atomic E-state index is 0.142. The third-order valence-electron chi connectivity index (χ3n) is 8.03. The number of hydrogen-bond acceptors (Lipinski definition) is 5. The zero-order valence-corrected chi connectivity index (χ0v) is 20.7. The van der Waals surface area contributed by atoms with Crippen molar-refractivity contribution in [1.82, 2.24) is 0 Å². The molecule has 0 atom stereocenters. The van der Waals surface area contributed by atoms with Gasteiger partial charge in [0.25, 0.3) is 0 Å². The Hall–Kier alpha value is -1.62. The molecule has 1 N–H and O–H groups in total. The Bertz CT molecular complexity index is 684. The molecule has 180 valence electrons. The maximum atomic E-state index is 11.5. The second-order valence-electron chi connectivity index (χ2n) is 11.1. The molecular weight excluding hydrogens is 404 g/mol. The summed E-state index contributed by atoms with van der Waals surface area (Å²) in [5, 5.41) is 8.93. The first-order chi connectivity index (χ1) is 15.1. The van der Waals surface area contributed by atoms with Crippen LogP contribution in [-0.4, -0.2) is 36.9 Å². The fourth-order valence-corrected chi connectivity index (χ4v) is 7.30. The Morgan fingerprint density at radius 3 is 1.44 bits per heavy atom. The van der Waals surface area contributed by atoms with E-state index in [1.807, 2.05) is 27.7 Å². The molecule has 0 saturated heterocycles. The molecule has 0 spiro atoms. The molecule has 32 heavy (non-hydrogen) atoms. The van der Waals surface area contributed by atoms with Crippen molar-refractivity contribution in [3.63, 3.8) is 0 Å². The molecule has 0 aromatic carbocycles. The van der Waals surface area contributed by atoms with E-state index in [9.17, 15) is 9.59 Å². The molecule has 6 aliphatic rings. The highest BCUT2D eigenvalue weighted by molar-refractivity contribution is 5.88. The molecule has 6 saturated carbocycles. The van der Waals surface area contributed by atoms with Crippen LogP contribution in [0.15, 0.2) is 23.3 Å². The second-order valence-corrected chi connectivity index (χ2v) is 11.1. The van der Waals surface area contributed by atoms with Crippen LogP contribution in [-0.2, 0) is 19.1 Å². The van der Waals surface area contributed by atoms with Crippen LogP contribution >= 0.6 is 0 Å².